The van der Waals surface area contributed by atoms with E-state index in [0.29, 0.717) is 6.04 Å². The van der Waals surface area contributed by atoms with Crippen molar-refractivity contribution in [3.63, 3.8) is 0 Å². The fraction of sp³-hybridized carbons (Fsp3) is 0.471. The minimum atomic E-state index is 0.477. The number of fused-ring (bicyclic) bond motifs is 1. The van der Waals surface area contributed by atoms with Crippen LogP contribution in [0.3, 0.4) is 0 Å². The maximum atomic E-state index is 4.67. The zero-order chi connectivity index (χ0) is 14.8. The summed E-state index contributed by atoms with van der Waals surface area (Å²) >= 11 is 0. The van der Waals surface area contributed by atoms with Gasteiger partial charge in [-0.15, -0.1) is 0 Å². The molecular formula is C17H24N4. The van der Waals surface area contributed by atoms with E-state index in [1.807, 2.05) is 0 Å². The second-order valence-electron chi connectivity index (χ2n) is 5.67. The molecule has 1 aliphatic rings. The third kappa shape index (κ3) is 2.62. The second-order valence-corrected chi connectivity index (χ2v) is 5.67. The van der Waals surface area contributed by atoms with Crippen LogP contribution in [0.5, 0.6) is 0 Å². The van der Waals surface area contributed by atoms with Crippen molar-refractivity contribution >= 4 is 11.4 Å². The second kappa shape index (κ2) is 5.80. The molecule has 0 radical (unpaired) electrons. The van der Waals surface area contributed by atoms with Crippen LogP contribution in [0.1, 0.15) is 32.2 Å². The normalized spacial score (nSPS) is 17.5. The Labute approximate surface area is 126 Å². The summed E-state index contributed by atoms with van der Waals surface area (Å²) < 4.78 is 2.14. The Morgan fingerprint density at radius 2 is 2.10 bits per heavy atom. The van der Waals surface area contributed by atoms with Crippen LogP contribution in [0.2, 0.25) is 0 Å². The van der Waals surface area contributed by atoms with Gasteiger partial charge in [0.2, 0.25) is 0 Å². The standard InChI is InChI=1S/C17H24N4/c1-4-14-10-15(21(5-2)19-14)12-20-13(3)11-18-16-8-6-7-9-17(16)20/h6-10,13,18H,4-5,11-12H2,1-3H3. The van der Waals surface area contributed by atoms with Gasteiger partial charge >= 0.3 is 0 Å². The van der Waals surface area contributed by atoms with Crippen LogP contribution in [0.25, 0.3) is 0 Å². The molecule has 1 unspecified atom stereocenters. The molecule has 112 valence electrons. The minimum absolute atomic E-state index is 0.477. The monoisotopic (exact) mass is 284 g/mol. The zero-order valence-corrected chi connectivity index (χ0v) is 13.1. The molecule has 21 heavy (non-hydrogen) atoms. The van der Waals surface area contributed by atoms with Crippen LogP contribution in [0.4, 0.5) is 11.4 Å². The quantitative estimate of drug-likeness (QED) is 0.935. The third-order valence-electron chi connectivity index (χ3n) is 4.24. The lowest BCUT2D eigenvalue weighted by Gasteiger charge is -2.37. The summed E-state index contributed by atoms with van der Waals surface area (Å²) in [6, 6.07) is 11.3. The van der Waals surface area contributed by atoms with E-state index in [2.05, 4.69) is 71.1 Å². The van der Waals surface area contributed by atoms with Crippen molar-refractivity contribution in [2.45, 2.75) is 46.3 Å². The molecule has 2 aromatic rings. The smallest absolute Gasteiger partial charge is 0.0625 e. The Balaban J connectivity index is 1.92. The van der Waals surface area contributed by atoms with Crippen LogP contribution >= 0.6 is 0 Å². The molecule has 4 nitrogen and oxygen atoms in total. The van der Waals surface area contributed by atoms with Crippen molar-refractivity contribution in [3.8, 4) is 0 Å². The van der Waals surface area contributed by atoms with Gasteiger partial charge in [0.05, 0.1) is 29.3 Å². The van der Waals surface area contributed by atoms with Crippen LogP contribution in [0.15, 0.2) is 30.3 Å². The number of nitrogens with one attached hydrogen (secondary N) is 1. The van der Waals surface area contributed by atoms with Gasteiger partial charge < -0.3 is 10.2 Å². The van der Waals surface area contributed by atoms with E-state index < -0.39 is 0 Å². The topological polar surface area (TPSA) is 33.1 Å². The number of rotatable bonds is 4. The Bertz CT molecular complexity index is 617. The molecule has 0 spiro atoms. The van der Waals surface area contributed by atoms with Gasteiger partial charge in [-0.1, -0.05) is 19.1 Å². The van der Waals surface area contributed by atoms with E-state index in [1.165, 1.54) is 22.8 Å². The van der Waals surface area contributed by atoms with Gasteiger partial charge in [-0.2, -0.15) is 5.10 Å². The highest BCUT2D eigenvalue weighted by Gasteiger charge is 2.23. The van der Waals surface area contributed by atoms with Gasteiger partial charge in [-0.3, -0.25) is 4.68 Å². The van der Waals surface area contributed by atoms with Gasteiger partial charge in [0.1, 0.15) is 0 Å². The number of para-hydroxylation sites is 2. The number of hydrogen-bond donors (Lipinski definition) is 1. The molecule has 3 rings (SSSR count). The fourth-order valence-corrected chi connectivity index (χ4v) is 2.98. The summed E-state index contributed by atoms with van der Waals surface area (Å²) in [7, 11) is 0. The largest absolute Gasteiger partial charge is 0.381 e. The molecule has 0 bridgehead atoms. The molecule has 0 saturated carbocycles. The maximum absolute atomic E-state index is 4.67. The first-order valence-corrected chi connectivity index (χ1v) is 7.88. The SMILES string of the molecule is CCc1cc(CN2c3ccccc3NCC2C)n(CC)n1. The Kier molecular flexibility index (Phi) is 3.86. The van der Waals surface area contributed by atoms with E-state index in [-0.39, 0.29) is 0 Å². The molecule has 0 fully saturated rings. The van der Waals surface area contributed by atoms with Gasteiger partial charge in [0.25, 0.3) is 0 Å². The van der Waals surface area contributed by atoms with Crippen molar-refractivity contribution in [1.29, 1.82) is 0 Å². The number of benzene rings is 1. The average Bonchev–Trinajstić information content (AvgIpc) is 2.92. The average molecular weight is 284 g/mol. The van der Waals surface area contributed by atoms with Crippen molar-refractivity contribution in [3.05, 3.63) is 41.7 Å². The summed E-state index contributed by atoms with van der Waals surface area (Å²) in [6.45, 7) is 9.42. The molecule has 2 heterocycles. The van der Waals surface area contributed by atoms with Crippen LogP contribution in [-0.2, 0) is 19.5 Å². The van der Waals surface area contributed by atoms with Gasteiger partial charge in [0, 0.05) is 19.1 Å². The van der Waals surface area contributed by atoms with E-state index in [0.717, 1.165) is 26.1 Å². The molecule has 1 aromatic heterocycles. The molecule has 1 atom stereocenters. The molecule has 4 heteroatoms. The minimum Gasteiger partial charge on any atom is -0.381 e. The first-order chi connectivity index (χ1) is 10.2. The summed E-state index contributed by atoms with van der Waals surface area (Å²) in [5.41, 5.74) is 5.01. The first-order valence-electron chi connectivity index (χ1n) is 7.88. The Hall–Kier alpha value is -1.97. The molecule has 0 aliphatic carbocycles. The van der Waals surface area contributed by atoms with Crippen molar-refractivity contribution in [2.75, 3.05) is 16.8 Å². The summed E-state index contributed by atoms with van der Waals surface area (Å²) in [5, 5.41) is 8.18. The number of hydrogen-bond acceptors (Lipinski definition) is 3. The van der Waals surface area contributed by atoms with Gasteiger partial charge in [-0.25, -0.2) is 0 Å². The maximum Gasteiger partial charge on any atom is 0.0625 e. The molecule has 1 aromatic carbocycles. The Morgan fingerprint density at radius 3 is 2.86 bits per heavy atom. The predicted octanol–water partition coefficient (Wildman–Crippen LogP) is 3.29. The lowest BCUT2D eigenvalue weighted by atomic mass is 10.1. The highest BCUT2D eigenvalue weighted by Crippen LogP contribution is 2.32. The lowest BCUT2D eigenvalue weighted by Crippen LogP contribution is -2.42. The van der Waals surface area contributed by atoms with Crippen LogP contribution < -0.4 is 10.2 Å². The molecule has 1 N–H and O–H groups in total. The molecule has 1 aliphatic heterocycles. The fourth-order valence-electron chi connectivity index (χ4n) is 2.98. The van der Waals surface area contributed by atoms with E-state index in [4.69, 9.17) is 0 Å². The molecular weight excluding hydrogens is 260 g/mol. The van der Waals surface area contributed by atoms with Gasteiger partial charge in [0.15, 0.2) is 0 Å². The third-order valence-corrected chi connectivity index (χ3v) is 4.24. The highest BCUT2D eigenvalue weighted by molar-refractivity contribution is 5.72. The van der Waals surface area contributed by atoms with Gasteiger partial charge in [-0.05, 0) is 38.5 Å². The highest BCUT2D eigenvalue weighted by atomic mass is 15.3. The summed E-state index contributed by atoms with van der Waals surface area (Å²) in [4.78, 5) is 2.48. The number of aryl methyl sites for hydroxylation is 2. The number of aromatic nitrogens is 2. The summed E-state index contributed by atoms with van der Waals surface area (Å²) in [5.74, 6) is 0. The summed E-state index contributed by atoms with van der Waals surface area (Å²) in [6.07, 6.45) is 0.994. The predicted molar refractivity (Wildman–Crippen MR) is 87.9 cm³/mol. The zero-order valence-electron chi connectivity index (χ0n) is 13.1. The van der Waals surface area contributed by atoms with E-state index in [9.17, 15) is 0 Å². The van der Waals surface area contributed by atoms with E-state index in [1.54, 1.807) is 0 Å². The molecule has 0 saturated heterocycles. The van der Waals surface area contributed by atoms with E-state index >= 15 is 0 Å². The number of nitrogens with zero attached hydrogens (tertiary/aromatic N) is 3. The lowest BCUT2D eigenvalue weighted by molar-refractivity contribution is 0.575. The van der Waals surface area contributed by atoms with Crippen LogP contribution in [0, 0.1) is 0 Å². The van der Waals surface area contributed by atoms with Crippen LogP contribution in [-0.4, -0.2) is 22.4 Å². The molecule has 0 amide bonds. The van der Waals surface area contributed by atoms with Crippen molar-refractivity contribution in [1.82, 2.24) is 9.78 Å². The van der Waals surface area contributed by atoms with Crippen molar-refractivity contribution < 1.29 is 0 Å². The first kappa shape index (κ1) is 14.0. The number of anilines is 2. The Morgan fingerprint density at radius 1 is 1.29 bits per heavy atom. The van der Waals surface area contributed by atoms with Crippen molar-refractivity contribution in [2.24, 2.45) is 0 Å².